The van der Waals surface area contributed by atoms with Gasteiger partial charge in [-0.2, -0.15) is 0 Å². The molecule has 3 rings (SSSR count). The molecule has 0 aromatic rings. The minimum absolute atomic E-state index is 0.0691. The first-order valence-corrected chi connectivity index (χ1v) is 7.81. The summed E-state index contributed by atoms with van der Waals surface area (Å²) in [6.07, 6.45) is 8.21. The van der Waals surface area contributed by atoms with Crippen LogP contribution in [0.5, 0.6) is 0 Å². The van der Waals surface area contributed by atoms with Crippen LogP contribution in [-0.4, -0.2) is 35.0 Å². The van der Waals surface area contributed by atoms with Crippen molar-refractivity contribution in [1.29, 1.82) is 0 Å². The molecule has 1 saturated heterocycles. The van der Waals surface area contributed by atoms with Gasteiger partial charge in [-0.3, -0.25) is 9.59 Å². The van der Waals surface area contributed by atoms with Crippen molar-refractivity contribution < 1.29 is 14.7 Å². The Bertz CT molecular complexity index is 437. The van der Waals surface area contributed by atoms with Crippen LogP contribution >= 0.6 is 0 Å². The van der Waals surface area contributed by atoms with Crippen LogP contribution in [0.15, 0.2) is 12.2 Å². The number of hydrogen-bond acceptors (Lipinski definition) is 2. The highest BCUT2D eigenvalue weighted by Gasteiger charge is 2.52. The molecule has 2 fully saturated rings. The quantitative estimate of drug-likeness (QED) is 0.804. The third kappa shape index (κ3) is 2.15. The summed E-state index contributed by atoms with van der Waals surface area (Å²) in [5, 5.41) is 9.43. The van der Waals surface area contributed by atoms with Gasteiger partial charge >= 0.3 is 5.97 Å². The smallest absolute Gasteiger partial charge is 0.307 e. The number of carbonyl (C=O) groups excluding carboxylic acids is 1. The molecular formula is C16H23NO3. The topological polar surface area (TPSA) is 57.6 Å². The molecule has 0 aromatic heterocycles. The van der Waals surface area contributed by atoms with E-state index in [0.29, 0.717) is 0 Å². The van der Waals surface area contributed by atoms with Gasteiger partial charge in [0.05, 0.1) is 11.8 Å². The van der Waals surface area contributed by atoms with Crippen LogP contribution in [-0.2, 0) is 9.59 Å². The monoisotopic (exact) mass is 277 g/mol. The molecule has 4 nitrogen and oxygen atoms in total. The number of aliphatic carboxylic acids is 1. The van der Waals surface area contributed by atoms with Crippen LogP contribution in [0.4, 0.5) is 0 Å². The van der Waals surface area contributed by atoms with Crippen LogP contribution < -0.4 is 0 Å². The molecule has 3 aliphatic rings. The van der Waals surface area contributed by atoms with E-state index in [1.54, 1.807) is 0 Å². The van der Waals surface area contributed by atoms with Gasteiger partial charge in [0.25, 0.3) is 0 Å². The Labute approximate surface area is 119 Å². The molecular weight excluding hydrogens is 254 g/mol. The number of carbonyl (C=O) groups is 2. The zero-order valence-electron chi connectivity index (χ0n) is 12.0. The van der Waals surface area contributed by atoms with E-state index in [-0.39, 0.29) is 23.7 Å². The number of piperidine rings is 1. The van der Waals surface area contributed by atoms with Gasteiger partial charge in [-0.15, -0.1) is 0 Å². The second kappa shape index (κ2) is 5.23. The number of carboxylic acid groups (broad SMARTS) is 1. The van der Waals surface area contributed by atoms with Gasteiger partial charge in [0.2, 0.25) is 5.91 Å². The van der Waals surface area contributed by atoms with Crippen molar-refractivity contribution in [2.75, 3.05) is 13.1 Å². The minimum Gasteiger partial charge on any atom is -0.481 e. The summed E-state index contributed by atoms with van der Waals surface area (Å²) in [6.45, 7) is 3.81. The molecule has 1 N–H and O–H groups in total. The number of fused-ring (bicyclic) bond motifs is 2. The maximum absolute atomic E-state index is 12.7. The highest BCUT2D eigenvalue weighted by atomic mass is 16.4. The molecule has 110 valence electrons. The van der Waals surface area contributed by atoms with E-state index >= 15 is 0 Å². The van der Waals surface area contributed by atoms with Gasteiger partial charge in [0.15, 0.2) is 0 Å². The fourth-order valence-electron chi connectivity index (χ4n) is 4.27. The molecule has 2 bridgehead atoms. The lowest BCUT2D eigenvalue weighted by molar-refractivity contribution is -0.151. The Balaban J connectivity index is 1.71. The lowest BCUT2D eigenvalue weighted by Gasteiger charge is -2.35. The van der Waals surface area contributed by atoms with Gasteiger partial charge in [-0.05, 0) is 37.0 Å². The molecule has 0 spiro atoms. The molecule has 1 heterocycles. The van der Waals surface area contributed by atoms with E-state index in [1.165, 1.54) is 6.42 Å². The zero-order valence-corrected chi connectivity index (χ0v) is 12.0. The Hall–Kier alpha value is -1.32. The second-order valence-corrected chi connectivity index (χ2v) is 6.52. The van der Waals surface area contributed by atoms with Crippen molar-refractivity contribution in [3.63, 3.8) is 0 Å². The molecule has 0 radical (unpaired) electrons. The van der Waals surface area contributed by atoms with E-state index in [0.717, 1.165) is 38.3 Å². The molecule has 1 amide bonds. The standard InChI is InChI=1S/C16H23NO3/c1-2-10-5-7-17(8-6-10)15(18)13-11-3-4-12(9-11)14(13)16(19)20/h3-4,10-14H,2,5-9H2,1H3,(H,19,20)/t11?,12?,13-,14+/m0/s1. The van der Waals surface area contributed by atoms with Crippen molar-refractivity contribution in [2.24, 2.45) is 29.6 Å². The summed E-state index contributed by atoms with van der Waals surface area (Å²) in [6, 6.07) is 0. The van der Waals surface area contributed by atoms with Gasteiger partial charge in [-0.1, -0.05) is 25.5 Å². The molecule has 2 aliphatic carbocycles. The molecule has 4 atom stereocenters. The van der Waals surface area contributed by atoms with E-state index in [1.807, 2.05) is 11.0 Å². The second-order valence-electron chi connectivity index (χ2n) is 6.52. The summed E-state index contributed by atoms with van der Waals surface area (Å²) in [4.78, 5) is 26.1. The fraction of sp³-hybridized carbons (Fsp3) is 0.750. The Morgan fingerprint density at radius 1 is 1.15 bits per heavy atom. The predicted molar refractivity (Wildman–Crippen MR) is 74.9 cm³/mol. The van der Waals surface area contributed by atoms with Gasteiger partial charge in [-0.25, -0.2) is 0 Å². The highest BCUT2D eigenvalue weighted by Crippen LogP contribution is 2.49. The van der Waals surface area contributed by atoms with Crippen molar-refractivity contribution in [3.05, 3.63) is 12.2 Å². The van der Waals surface area contributed by atoms with Gasteiger partial charge in [0.1, 0.15) is 0 Å². The van der Waals surface area contributed by atoms with E-state index in [4.69, 9.17) is 0 Å². The number of amides is 1. The summed E-state index contributed by atoms with van der Waals surface area (Å²) in [7, 11) is 0. The van der Waals surface area contributed by atoms with Crippen LogP contribution in [0.1, 0.15) is 32.6 Å². The first-order valence-electron chi connectivity index (χ1n) is 7.81. The van der Waals surface area contributed by atoms with Crippen molar-refractivity contribution in [3.8, 4) is 0 Å². The summed E-state index contributed by atoms with van der Waals surface area (Å²) in [5.74, 6) is -0.583. The first-order chi connectivity index (χ1) is 9.61. The normalized spacial score (nSPS) is 36.5. The molecule has 2 unspecified atom stereocenters. The average molecular weight is 277 g/mol. The number of nitrogens with zero attached hydrogens (tertiary/aromatic N) is 1. The maximum atomic E-state index is 12.7. The number of likely N-dealkylation sites (tertiary alicyclic amines) is 1. The molecule has 1 aliphatic heterocycles. The zero-order chi connectivity index (χ0) is 14.3. The molecule has 1 saturated carbocycles. The number of carboxylic acids is 1. The molecule has 20 heavy (non-hydrogen) atoms. The van der Waals surface area contributed by atoms with E-state index in [9.17, 15) is 14.7 Å². The average Bonchev–Trinajstić information content (AvgIpc) is 3.07. The lowest BCUT2D eigenvalue weighted by Crippen LogP contribution is -2.46. The highest BCUT2D eigenvalue weighted by molar-refractivity contribution is 5.87. The number of rotatable bonds is 3. The predicted octanol–water partition coefficient (Wildman–Crippen LogP) is 2.16. The maximum Gasteiger partial charge on any atom is 0.307 e. The molecule has 4 heteroatoms. The molecule has 0 aromatic carbocycles. The fourth-order valence-corrected chi connectivity index (χ4v) is 4.27. The first kappa shape index (κ1) is 13.7. The van der Waals surface area contributed by atoms with Crippen LogP contribution in [0.25, 0.3) is 0 Å². The van der Waals surface area contributed by atoms with Crippen LogP contribution in [0.2, 0.25) is 0 Å². The van der Waals surface area contributed by atoms with Crippen molar-refractivity contribution in [2.45, 2.75) is 32.6 Å². The third-order valence-corrected chi connectivity index (χ3v) is 5.53. The largest absolute Gasteiger partial charge is 0.481 e. The van der Waals surface area contributed by atoms with E-state index in [2.05, 4.69) is 13.0 Å². The summed E-state index contributed by atoms with van der Waals surface area (Å²) < 4.78 is 0. The Morgan fingerprint density at radius 3 is 2.30 bits per heavy atom. The SMILES string of the molecule is CCC1CCN(C(=O)[C@H]2C3C=CC(C3)[C@H]2C(=O)O)CC1. The third-order valence-electron chi connectivity index (χ3n) is 5.53. The summed E-state index contributed by atoms with van der Waals surface area (Å²) >= 11 is 0. The van der Waals surface area contributed by atoms with Crippen molar-refractivity contribution >= 4 is 11.9 Å². The lowest BCUT2D eigenvalue weighted by atomic mass is 9.81. The van der Waals surface area contributed by atoms with Gasteiger partial charge < -0.3 is 10.0 Å². The number of hydrogen-bond donors (Lipinski definition) is 1. The summed E-state index contributed by atoms with van der Waals surface area (Å²) in [5.41, 5.74) is 0. The van der Waals surface area contributed by atoms with Crippen LogP contribution in [0.3, 0.4) is 0 Å². The van der Waals surface area contributed by atoms with E-state index < -0.39 is 11.9 Å². The van der Waals surface area contributed by atoms with Gasteiger partial charge in [0, 0.05) is 13.1 Å². The van der Waals surface area contributed by atoms with Crippen molar-refractivity contribution in [1.82, 2.24) is 4.90 Å². The van der Waals surface area contributed by atoms with Crippen LogP contribution in [0, 0.1) is 29.6 Å². The minimum atomic E-state index is -0.802. The Kier molecular flexibility index (Phi) is 3.57. The number of allylic oxidation sites excluding steroid dienone is 2. The Morgan fingerprint density at radius 2 is 1.75 bits per heavy atom.